The first-order valence-electron chi connectivity index (χ1n) is 5.11. The molecule has 1 aromatic heterocycles. The molecule has 0 aliphatic heterocycles. The van der Waals surface area contributed by atoms with Gasteiger partial charge in [-0.05, 0) is 31.5 Å². The Balaban J connectivity index is 2.41. The van der Waals surface area contributed by atoms with Crippen molar-refractivity contribution in [1.29, 1.82) is 0 Å². The predicted octanol–water partition coefficient (Wildman–Crippen LogP) is 3.59. The van der Waals surface area contributed by atoms with Crippen molar-refractivity contribution >= 4 is 27.3 Å². The largest absolute Gasteiger partial charge is 0.294 e. The van der Waals surface area contributed by atoms with Gasteiger partial charge in [0.2, 0.25) is 0 Å². The van der Waals surface area contributed by atoms with Gasteiger partial charge in [-0.1, -0.05) is 6.92 Å². The monoisotopic (exact) mass is 219 g/mol. The fourth-order valence-electron chi connectivity index (χ4n) is 1.59. The van der Waals surface area contributed by atoms with E-state index in [0.29, 0.717) is 6.42 Å². The Labute approximate surface area is 93.0 Å². The zero-order valence-electron chi connectivity index (χ0n) is 8.91. The van der Waals surface area contributed by atoms with Gasteiger partial charge in [0.05, 0.1) is 15.2 Å². The lowest BCUT2D eigenvalue weighted by atomic mass is 10.1. The summed E-state index contributed by atoms with van der Waals surface area (Å²) in [5, 5.41) is 1.05. The Morgan fingerprint density at radius 3 is 3.00 bits per heavy atom. The fourth-order valence-corrected chi connectivity index (χ4v) is 2.39. The summed E-state index contributed by atoms with van der Waals surface area (Å²) in [6, 6.07) is 5.79. The van der Waals surface area contributed by atoms with Crippen LogP contribution in [-0.2, 0) is 0 Å². The molecular weight excluding hydrogens is 206 g/mol. The summed E-state index contributed by atoms with van der Waals surface area (Å²) in [5.74, 6) is 0.213. The lowest BCUT2D eigenvalue weighted by Gasteiger charge is -1.98. The summed E-state index contributed by atoms with van der Waals surface area (Å²) in [6.45, 7) is 4.00. The van der Waals surface area contributed by atoms with Gasteiger partial charge < -0.3 is 0 Å². The number of ketones is 1. The van der Waals surface area contributed by atoms with E-state index in [0.717, 1.165) is 27.2 Å². The number of thiazole rings is 1. The molecule has 0 aliphatic carbocycles. The molecule has 0 N–H and O–H groups in total. The molecule has 0 saturated heterocycles. The quantitative estimate of drug-likeness (QED) is 0.738. The molecule has 0 amide bonds. The Hall–Kier alpha value is -1.22. The Morgan fingerprint density at radius 2 is 2.27 bits per heavy atom. The highest BCUT2D eigenvalue weighted by Crippen LogP contribution is 2.22. The Morgan fingerprint density at radius 1 is 1.47 bits per heavy atom. The third-order valence-electron chi connectivity index (χ3n) is 2.29. The normalized spacial score (nSPS) is 10.8. The number of rotatable bonds is 3. The number of carbonyl (C=O) groups excluding carboxylic acids is 1. The van der Waals surface area contributed by atoms with Crippen molar-refractivity contribution in [3.8, 4) is 0 Å². The van der Waals surface area contributed by atoms with Crippen LogP contribution >= 0.6 is 11.3 Å². The number of Topliss-reactive ketones (excluding diaryl/α,β-unsaturated/α-hetero) is 1. The van der Waals surface area contributed by atoms with Crippen LogP contribution in [0.5, 0.6) is 0 Å². The van der Waals surface area contributed by atoms with Gasteiger partial charge in [-0.15, -0.1) is 11.3 Å². The van der Waals surface area contributed by atoms with Gasteiger partial charge in [0, 0.05) is 12.0 Å². The molecule has 0 unspecified atom stereocenters. The molecule has 0 bridgehead atoms. The molecule has 1 aromatic carbocycles. The first kappa shape index (κ1) is 10.3. The third kappa shape index (κ3) is 2.07. The maximum absolute atomic E-state index is 11.7. The van der Waals surface area contributed by atoms with Crippen LogP contribution in [0.4, 0.5) is 0 Å². The van der Waals surface area contributed by atoms with Crippen molar-refractivity contribution < 1.29 is 4.79 Å². The van der Waals surface area contributed by atoms with E-state index in [1.165, 1.54) is 0 Å². The second-order valence-electron chi connectivity index (χ2n) is 3.59. The molecule has 3 heteroatoms. The van der Waals surface area contributed by atoms with Gasteiger partial charge in [0.1, 0.15) is 0 Å². The molecule has 0 saturated carbocycles. The van der Waals surface area contributed by atoms with Gasteiger partial charge in [0.15, 0.2) is 5.78 Å². The number of aromatic nitrogens is 1. The van der Waals surface area contributed by atoms with E-state index in [1.807, 2.05) is 32.0 Å². The van der Waals surface area contributed by atoms with Crippen LogP contribution < -0.4 is 0 Å². The minimum Gasteiger partial charge on any atom is -0.294 e. The van der Waals surface area contributed by atoms with E-state index >= 15 is 0 Å². The zero-order chi connectivity index (χ0) is 10.8. The maximum atomic E-state index is 11.7. The molecule has 0 atom stereocenters. The number of aryl methyl sites for hydroxylation is 1. The lowest BCUT2D eigenvalue weighted by molar-refractivity contribution is 0.0982. The number of carbonyl (C=O) groups is 1. The smallest absolute Gasteiger partial charge is 0.162 e. The minimum absolute atomic E-state index is 0.213. The molecular formula is C12H13NOS. The zero-order valence-corrected chi connectivity index (χ0v) is 9.73. The van der Waals surface area contributed by atoms with Crippen LogP contribution in [0.3, 0.4) is 0 Å². The van der Waals surface area contributed by atoms with Crippen LogP contribution in [0.25, 0.3) is 10.2 Å². The molecule has 78 valence electrons. The average molecular weight is 219 g/mol. The Bertz CT molecular complexity index is 501. The summed E-state index contributed by atoms with van der Waals surface area (Å²) in [4.78, 5) is 16.1. The van der Waals surface area contributed by atoms with Gasteiger partial charge in [-0.3, -0.25) is 4.79 Å². The van der Waals surface area contributed by atoms with Gasteiger partial charge in [0.25, 0.3) is 0 Å². The Kier molecular flexibility index (Phi) is 2.82. The van der Waals surface area contributed by atoms with Crippen LogP contribution in [-0.4, -0.2) is 10.8 Å². The van der Waals surface area contributed by atoms with Gasteiger partial charge in [-0.25, -0.2) is 4.98 Å². The molecule has 2 rings (SSSR count). The summed E-state index contributed by atoms with van der Waals surface area (Å²) in [5.41, 5.74) is 1.73. The topological polar surface area (TPSA) is 30.0 Å². The molecule has 0 radical (unpaired) electrons. The second-order valence-corrected chi connectivity index (χ2v) is 4.82. The van der Waals surface area contributed by atoms with E-state index < -0.39 is 0 Å². The lowest BCUT2D eigenvalue weighted by Crippen LogP contribution is -1.97. The third-order valence-corrected chi connectivity index (χ3v) is 3.25. The highest BCUT2D eigenvalue weighted by atomic mass is 32.1. The molecule has 0 spiro atoms. The number of hydrogen-bond donors (Lipinski definition) is 0. The maximum Gasteiger partial charge on any atom is 0.162 e. The second kappa shape index (κ2) is 4.11. The number of nitrogens with zero attached hydrogens (tertiary/aromatic N) is 1. The highest BCUT2D eigenvalue weighted by molar-refractivity contribution is 7.18. The van der Waals surface area contributed by atoms with E-state index in [1.54, 1.807) is 11.3 Å². The first-order chi connectivity index (χ1) is 7.20. The van der Waals surface area contributed by atoms with Crippen molar-refractivity contribution in [2.75, 3.05) is 0 Å². The van der Waals surface area contributed by atoms with Gasteiger partial charge >= 0.3 is 0 Å². The number of fused-ring (bicyclic) bond motifs is 1. The van der Waals surface area contributed by atoms with Crippen LogP contribution in [0, 0.1) is 6.92 Å². The molecule has 0 fully saturated rings. The summed E-state index contributed by atoms with van der Waals surface area (Å²) >= 11 is 1.66. The summed E-state index contributed by atoms with van der Waals surface area (Å²) in [7, 11) is 0. The standard InChI is InChI=1S/C12H13NOS/c1-3-4-11(14)9-5-6-12-10(7-9)13-8(2)15-12/h5-7H,3-4H2,1-2H3. The van der Waals surface area contributed by atoms with E-state index in [4.69, 9.17) is 0 Å². The average Bonchev–Trinajstić information content (AvgIpc) is 2.57. The van der Waals surface area contributed by atoms with Crippen LogP contribution in [0.1, 0.15) is 35.1 Å². The van der Waals surface area contributed by atoms with Crippen LogP contribution in [0.2, 0.25) is 0 Å². The SMILES string of the molecule is CCCC(=O)c1ccc2sc(C)nc2c1. The molecule has 15 heavy (non-hydrogen) atoms. The van der Waals surface area contributed by atoms with Crippen LogP contribution in [0.15, 0.2) is 18.2 Å². The van der Waals surface area contributed by atoms with E-state index in [2.05, 4.69) is 4.98 Å². The fraction of sp³-hybridized carbons (Fsp3) is 0.333. The van der Waals surface area contributed by atoms with Gasteiger partial charge in [-0.2, -0.15) is 0 Å². The number of hydrogen-bond acceptors (Lipinski definition) is 3. The van der Waals surface area contributed by atoms with Crippen molar-refractivity contribution in [1.82, 2.24) is 4.98 Å². The molecule has 1 heterocycles. The highest BCUT2D eigenvalue weighted by Gasteiger charge is 2.07. The van der Waals surface area contributed by atoms with Crippen molar-refractivity contribution in [3.05, 3.63) is 28.8 Å². The summed E-state index contributed by atoms with van der Waals surface area (Å²) < 4.78 is 1.15. The van der Waals surface area contributed by atoms with E-state index in [9.17, 15) is 4.79 Å². The molecule has 0 aliphatic rings. The van der Waals surface area contributed by atoms with Crippen molar-refractivity contribution in [2.45, 2.75) is 26.7 Å². The number of benzene rings is 1. The minimum atomic E-state index is 0.213. The molecule has 2 nitrogen and oxygen atoms in total. The molecule has 2 aromatic rings. The van der Waals surface area contributed by atoms with Crippen molar-refractivity contribution in [2.24, 2.45) is 0 Å². The van der Waals surface area contributed by atoms with E-state index in [-0.39, 0.29) is 5.78 Å². The van der Waals surface area contributed by atoms with Crippen molar-refractivity contribution in [3.63, 3.8) is 0 Å². The summed E-state index contributed by atoms with van der Waals surface area (Å²) in [6.07, 6.45) is 1.52. The first-order valence-corrected chi connectivity index (χ1v) is 5.92. The predicted molar refractivity (Wildman–Crippen MR) is 63.6 cm³/mol.